The van der Waals surface area contributed by atoms with Crippen molar-refractivity contribution in [3.63, 3.8) is 0 Å². The van der Waals surface area contributed by atoms with Gasteiger partial charge in [0.15, 0.2) is 0 Å². The molecule has 0 bridgehead atoms. The molecule has 1 aliphatic rings. The van der Waals surface area contributed by atoms with Gasteiger partial charge in [0, 0.05) is 18.0 Å². The zero-order valence-electron chi connectivity index (χ0n) is 36.0. The maximum absolute atomic E-state index is 14.3. The van der Waals surface area contributed by atoms with Gasteiger partial charge in [-0.3, -0.25) is 29.7 Å². The topological polar surface area (TPSA) is 332 Å². The molecule has 2 amide bonds. The number of esters is 1. The molecule has 6 N–H and O–H groups in total. The number of thioether (sulfide) groups is 1. The first-order valence-electron chi connectivity index (χ1n) is 18.6. The molecule has 23 nitrogen and oxygen atoms in total. The maximum atomic E-state index is 14.3. The average Bonchev–Trinajstić information content (AvgIpc) is 3.54. The van der Waals surface area contributed by atoms with E-state index in [2.05, 4.69) is 47.9 Å². The van der Waals surface area contributed by atoms with Crippen LogP contribution in [-0.4, -0.2) is 124 Å². The Bertz CT molecular complexity index is 2680. The molecule has 1 aliphatic heterocycles. The molecular weight excluding hydrogens is 1060 g/mol. The number of hydrogen-bond acceptors (Lipinski definition) is 18. The molecule has 0 radical (unpaired) electrons. The van der Waals surface area contributed by atoms with E-state index in [1.54, 1.807) is 14.7 Å². The summed E-state index contributed by atoms with van der Waals surface area (Å²) in [4.78, 5) is 85.1. The minimum Gasteiger partial charge on any atom is -0.778 e. The van der Waals surface area contributed by atoms with E-state index >= 15 is 0 Å². The minimum absolute atomic E-state index is 0.0605. The Balaban J connectivity index is 0.000000375. The predicted molar refractivity (Wildman–Crippen MR) is 239 cm³/mol. The number of benzene rings is 2. The summed E-state index contributed by atoms with van der Waals surface area (Å²) in [7, 11) is -7.13. The van der Waals surface area contributed by atoms with Gasteiger partial charge in [0.1, 0.15) is 24.0 Å². The first-order valence-corrected chi connectivity index (χ1v) is 26.4. The van der Waals surface area contributed by atoms with E-state index in [4.69, 9.17) is 26.7 Å². The Morgan fingerprint density at radius 2 is 1.58 bits per heavy atom. The van der Waals surface area contributed by atoms with Crippen LogP contribution in [0.2, 0.25) is 5.02 Å². The van der Waals surface area contributed by atoms with Gasteiger partial charge in [0.25, 0.3) is 10.0 Å². The van der Waals surface area contributed by atoms with E-state index in [-0.39, 0.29) is 21.3 Å². The Labute approximate surface area is 403 Å². The number of aromatic nitrogens is 4. The smallest absolute Gasteiger partial charge is 0.388 e. The number of carboxylic acids is 2. The van der Waals surface area contributed by atoms with Crippen LogP contribution >= 0.6 is 42.3 Å². The number of rotatable bonds is 16. The highest BCUT2D eigenvalue weighted by atomic mass is 35.5. The summed E-state index contributed by atoms with van der Waals surface area (Å²) < 4.78 is 115. The molecule has 0 saturated heterocycles. The third-order valence-electron chi connectivity index (χ3n) is 7.23. The van der Waals surface area contributed by atoms with Gasteiger partial charge in [-0.05, 0) is 59.3 Å². The molecule has 2 aromatic carbocycles. The lowest BCUT2D eigenvalue weighted by molar-refractivity contribution is -0.193. The first-order chi connectivity index (χ1) is 32.1. The number of nitrogens with one attached hydrogen (secondary N) is 3. The standard InChI is InChI=1S/C15H15ClFN3O3S2.C14H10F4N4O7S.C3H8NO5P.C3H9S/c1-23-13(21)8-24-12-7-11(10(17)6-9(12)16)18-14-19-4-2-3-5-20(19)15(22)25-14;15-11(16)28-8-5-9(29-12(17)18)20-13(19-8)21-14(25)22-30(26,27)7-4-2-1-3-6(7)10(23)24;5-3(6)1-4-2-10(7,8)9;1-4(2)3/h6-7H,2-5,8H2,1H3;1-5,11-12H,(H,23,24)(H2,19,20,21,22,25);4H,1-2H2,(H,5,6)(H2,7,8,9);1-3H3/q;;;+1/p-1. The molecule has 1 atom stereocenters. The summed E-state index contributed by atoms with van der Waals surface area (Å²) >= 11 is 8.17. The van der Waals surface area contributed by atoms with Crippen LogP contribution in [0.3, 0.4) is 0 Å². The van der Waals surface area contributed by atoms with Crippen LogP contribution in [-0.2, 0) is 52.9 Å². The van der Waals surface area contributed by atoms with Crippen molar-refractivity contribution in [2.75, 3.05) is 49.8 Å². The van der Waals surface area contributed by atoms with Crippen LogP contribution in [0.4, 0.5) is 38.4 Å². The quantitative estimate of drug-likeness (QED) is 0.0308. The third kappa shape index (κ3) is 22.3. The number of carbonyl (C=O) groups is 4. The van der Waals surface area contributed by atoms with Crippen molar-refractivity contribution in [2.24, 2.45) is 4.99 Å². The Morgan fingerprint density at radius 1 is 1.01 bits per heavy atom. The molecule has 0 spiro atoms. The van der Waals surface area contributed by atoms with E-state index in [9.17, 15) is 63.8 Å². The number of nitrogens with zero attached hydrogens (tertiary/aromatic N) is 5. The second-order valence-electron chi connectivity index (χ2n) is 13.1. The number of fused-ring (bicyclic) bond motifs is 1. The molecule has 0 fully saturated rings. The number of aromatic carboxylic acids is 1. The third-order valence-corrected chi connectivity index (χ3v) is 11.6. The van der Waals surface area contributed by atoms with E-state index in [1.165, 1.54) is 30.0 Å². The van der Waals surface area contributed by atoms with E-state index in [0.29, 0.717) is 39.7 Å². The van der Waals surface area contributed by atoms with Crippen LogP contribution in [0.5, 0.6) is 11.8 Å². The Kier molecular flexibility index (Phi) is 24.6. The highest BCUT2D eigenvalue weighted by Gasteiger charge is 2.25. The lowest BCUT2D eigenvalue weighted by Crippen LogP contribution is -2.35. The van der Waals surface area contributed by atoms with E-state index in [0.717, 1.165) is 54.1 Å². The summed E-state index contributed by atoms with van der Waals surface area (Å²) in [5.74, 6) is -6.55. The number of methoxy groups -OCH3 is 1. The van der Waals surface area contributed by atoms with E-state index in [1.807, 2.05) is 5.32 Å². The van der Waals surface area contributed by atoms with Crippen LogP contribution in [0.1, 0.15) is 23.2 Å². The fourth-order valence-electron chi connectivity index (χ4n) is 4.68. The number of ether oxygens (including phenoxy) is 3. The number of amides is 2. The second-order valence-corrected chi connectivity index (χ2v) is 21.2. The van der Waals surface area contributed by atoms with Gasteiger partial charge in [0.05, 0.1) is 61.1 Å². The number of aliphatic carboxylic acids is 1. The number of sulfonamides is 1. The van der Waals surface area contributed by atoms with Gasteiger partial charge >= 0.3 is 42.0 Å². The highest BCUT2D eigenvalue weighted by molar-refractivity contribution is 8.00. The monoisotopic (exact) mass is 1100 g/mol. The van der Waals surface area contributed by atoms with Gasteiger partial charge < -0.3 is 38.8 Å². The van der Waals surface area contributed by atoms with Crippen LogP contribution in [0, 0.1) is 5.82 Å². The van der Waals surface area contributed by atoms with Crippen molar-refractivity contribution < 1.29 is 88.3 Å². The zero-order chi connectivity index (χ0) is 52.2. The Hall–Kier alpha value is -5.34. The molecule has 2 aromatic heterocycles. The fourth-order valence-corrected chi connectivity index (χ4v) is 8.17. The van der Waals surface area contributed by atoms with Crippen molar-refractivity contribution in [1.82, 2.24) is 29.4 Å². The average molecular weight is 1100 g/mol. The summed E-state index contributed by atoms with van der Waals surface area (Å²) in [6, 6.07) is 5.87. The van der Waals surface area contributed by atoms with Crippen molar-refractivity contribution in [3.8, 4) is 11.8 Å². The molecule has 34 heteroatoms. The number of alkyl halides is 4. The van der Waals surface area contributed by atoms with Crippen molar-refractivity contribution in [3.05, 3.63) is 73.3 Å². The lowest BCUT2D eigenvalue weighted by atomic mass is 10.2. The van der Waals surface area contributed by atoms with Crippen LogP contribution < -0.4 is 39.4 Å². The molecule has 69 heavy (non-hydrogen) atoms. The van der Waals surface area contributed by atoms with Crippen LogP contribution in [0.15, 0.2) is 62.0 Å². The van der Waals surface area contributed by atoms with Gasteiger partial charge in [0.2, 0.25) is 22.5 Å². The first kappa shape index (κ1) is 59.8. The van der Waals surface area contributed by atoms with Gasteiger partial charge in [-0.15, -0.1) is 11.8 Å². The Morgan fingerprint density at radius 3 is 2.10 bits per heavy atom. The van der Waals surface area contributed by atoms with Gasteiger partial charge in [-0.1, -0.05) is 23.7 Å². The number of anilines is 1. The number of halogens is 6. The minimum atomic E-state index is -4.71. The second kappa shape index (κ2) is 28.4. The van der Waals surface area contributed by atoms with Crippen molar-refractivity contribution in [1.29, 1.82) is 0 Å². The number of carbonyl (C=O) groups excluding carboxylic acids is 2. The molecule has 0 saturated carbocycles. The predicted octanol–water partition coefficient (Wildman–Crippen LogP) is 3.34. The fraction of sp³-hybridized carbons (Fsp3) is 0.371. The summed E-state index contributed by atoms with van der Waals surface area (Å²) in [6.07, 6.45) is 7.77. The van der Waals surface area contributed by atoms with E-state index < -0.39 is 102 Å². The maximum Gasteiger partial charge on any atom is 0.388 e. The molecule has 3 heterocycles. The van der Waals surface area contributed by atoms with Gasteiger partial charge in [-0.2, -0.15) is 27.5 Å². The number of carboxylic acid groups (broad SMARTS) is 2. The summed E-state index contributed by atoms with van der Waals surface area (Å²) in [5, 5.41) is 20.9. The summed E-state index contributed by atoms with van der Waals surface area (Å²) in [6.45, 7) is -5.97. The normalized spacial score (nSPS) is 13.0. The lowest BCUT2D eigenvalue weighted by Gasteiger charge is -2.15. The molecule has 1 unspecified atom stereocenters. The number of hydrogen-bond donors (Lipinski definition) is 6. The van der Waals surface area contributed by atoms with Crippen molar-refractivity contribution >= 4 is 98.8 Å². The highest BCUT2D eigenvalue weighted by Crippen LogP contribution is 2.33. The summed E-state index contributed by atoms with van der Waals surface area (Å²) in [5.41, 5.74) is -0.562. The molecule has 5 rings (SSSR count). The number of urea groups is 1. The SMILES string of the molecule is COC(=O)CSc1cc(N=c2sc(=O)n3n2CCCC3)c(F)cc1Cl.C[S+](C)C.O=C(Nc1nc(OC(F)F)cc(OC(F)F)n1)NS(=O)(=O)c1ccccc1C(=O)O.O=C(O)CNCP(=O)([O-])O. The molecular formula is C35H41ClF5N8O15PS4. The largest absolute Gasteiger partial charge is 0.778 e. The molecule has 4 aromatic rings. The molecule has 382 valence electrons. The van der Waals surface area contributed by atoms with Gasteiger partial charge in [-0.25, -0.2) is 36.8 Å². The zero-order valence-corrected chi connectivity index (χ0v) is 40.9. The molecule has 0 aliphatic carbocycles. The van der Waals surface area contributed by atoms with Crippen LogP contribution in [0.25, 0.3) is 0 Å². The van der Waals surface area contributed by atoms with Crippen molar-refractivity contribution in [2.45, 2.75) is 48.9 Å².